The van der Waals surface area contributed by atoms with Gasteiger partial charge < -0.3 is 5.11 Å². The lowest BCUT2D eigenvalue weighted by molar-refractivity contribution is -0.132. The Balaban J connectivity index is 4.59. The van der Waals surface area contributed by atoms with Crippen LogP contribution in [-0.4, -0.2) is 16.5 Å². The number of ketones is 1. The largest absolute Gasteiger partial charge is 0.389 e. The lowest BCUT2D eigenvalue weighted by Gasteiger charge is -2.34. The second kappa shape index (κ2) is 4.04. The minimum atomic E-state index is -0.861. The smallest absolute Gasteiger partial charge is 0.135 e. The molecule has 0 aromatic heterocycles. The molecule has 0 radical (unpaired) electrons. The summed E-state index contributed by atoms with van der Waals surface area (Å²) >= 11 is 0. The van der Waals surface area contributed by atoms with Gasteiger partial charge in [-0.3, -0.25) is 4.79 Å². The van der Waals surface area contributed by atoms with E-state index in [-0.39, 0.29) is 17.6 Å². The SMILES string of the molecule is CCC(C(C)=O)C(C)(O)C(C)C. The van der Waals surface area contributed by atoms with Gasteiger partial charge in [0.2, 0.25) is 0 Å². The maximum atomic E-state index is 11.2. The number of aliphatic hydroxyl groups is 1. The van der Waals surface area contributed by atoms with Crippen LogP contribution in [0.2, 0.25) is 0 Å². The molecule has 0 aromatic carbocycles. The molecule has 2 unspecified atom stereocenters. The van der Waals surface area contributed by atoms with Crippen molar-refractivity contribution in [2.24, 2.45) is 11.8 Å². The summed E-state index contributed by atoms with van der Waals surface area (Å²) in [6.07, 6.45) is 0.709. The van der Waals surface area contributed by atoms with Crippen molar-refractivity contribution in [1.29, 1.82) is 0 Å². The van der Waals surface area contributed by atoms with E-state index in [1.165, 1.54) is 0 Å². The Labute approximate surface area is 75.0 Å². The van der Waals surface area contributed by atoms with E-state index in [0.717, 1.165) is 0 Å². The molecule has 2 nitrogen and oxygen atoms in total. The van der Waals surface area contributed by atoms with Crippen molar-refractivity contribution in [3.8, 4) is 0 Å². The Morgan fingerprint density at radius 3 is 2.00 bits per heavy atom. The molecular weight excluding hydrogens is 152 g/mol. The average molecular weight is 172 g/mol. The molecule has 0 saturated heterocycles. The van der Waals surface area contributed by atoms with E-state index in [1.807, 2.05) is 20.8 Å². The van der Waals surface area contributed by atoms with Gasteiger partial charge in [-0.05, 0) is 26.2 Å². The lowest BCUT2D eigenvalue weighted by atomic mass is 9.77. The van der Waals surface area contributed by atoms with Crippen molar-refractivity contribution in [1.82, 2.24) is 0 Å². The van der Waals surface area contributed by atoms with E-state index in [4.69, 9.17) is 0 Å². The molecule has 0 rings (SSSR count). The van der Waals surface area contributed by atoms with Gasteiger partial charge in [-0.2, -0.15) is 0 Å². The molecule has 0 heterocycles. The first-order valence-electron chi connectivity index (χ1n) is 4.56. The summed E-state index contributed by atoms with van der Waals surface area (Å²) in [5, 5.41) is 10.0. The van der Waals surface area contributed by atoms with Crippen molar-refractivity contribution in [3.63, 3.8) is 0 Å². The van der Waals surface area contributed by atoms with Crippen molar-refractivity contribution >= 4 is 5.78 Å². The third-order valence-electron chi connectivity index (χ3n) is 2.77. The monoisotopic (exact) mass is 172 g/mol. The Morgan fingerprint density at radius 2 is 1.92 bits per heavy atom. The van der Waals surface area contributed by atoms with Crippen molar-refractivity contribution in [3.05, 3.63) is 0 Å². The zero-order valence-corrected chi connectivity index (χ0v) is 8.72. The standard InChI is InChI=1S/C10H20O2/c1-6-9(8(4)11)10(5,12)7(2)3/h7,9,12H,6H2,1-5H3. The second-order valence-electron chi connectivity index (χ2n) is 3.95. The molecule has 0 bridgehead atoms. The highest BCUT2D eigenvalue weighted by atomic mass is 16.3. The van der Waals surface area contributed by atoms with Crippen molar-refractivity contribution < 1.29 is 9.90 Å². The lowest BCUT2D eigenvalue weighted by Crippen LogP contribution is -2.43. The summed E-state index contributed by atoms with van der Waals surface area (Å²) in [7, 11) is 0. The molecule has 0 spiro atoms. The van der Waals surface area contributed by atoms with Crippen molar-refractivity contribution in [2.75, 3.05) is 0 Å². The summed E-state index contributed by atoms with van der Waals surface area (Å²) in [5.74, 6) is -0.0277. The van der Waals surface area contributed by atoms with Crippen LogP contribution in [0.1, 0.15) is 41.0 Å². The fourth-order valence-corrected chi connectivity index (χ4v) is 1.51. The summed E-state index contributed by atoms with van der Waals surface area (Å²) < 4.78 is 0. The maximum absolute atomic E-state index is 11.2. The Hall–Kier alpha value is -0.370. The molecular formula is C10H20O2. The number of rotatable bonds is 4. The predicted molar refractivity (Wildman–Crippen MR) is 49.9 cm³/mol. The van der Waals surface area contributed by atoms with E-state index in [0.29, 0.717) is 6.42 Å². The van der Waals surface area contributed by atoms with Crippen molar-refractivity contribution in [2.45, 2.75) is 46.6 Å². The van der Waals surface area contributed by atoms with Crippen LogP contribution in [0.15, 0.2) is 0 Å². The van der Waals surface area contributed by atoms with Crippen LogP contribution in [0.25, 0.3) is 0 Å². The molecule has 0 aromatic rings. The van der Waals surface area contributed by atoms with Crippen LogP contribution in [0.5, 0.6) is 0 Å². The number of carbonyl (C=O) groups is 1. The van der Waals surface area contributed by atoms with Gasteiger partial charge in [0.05, 0.1) is 5.60 Å². The Bertz CT molecular complexity index is 159. The predicted octanol–water partition coefficient (Wildman–Crippen LogP) is 2.01. The van der Waals surface area contributed by atoms with Crippen LogP contribution in [0.4, 0.5) is 0 Å². The highest BCUT2D eigenvalue weighted by Gasteiger charge is 2.36. The molecule has 2 heteroatoms. The Morgan fingerprint density at radius 1 is 1.50 bits per heavy atom. The van der Waals surface area contributed by atoms with Gasteiger partial charge in [0.15, 0.2) is 0 Å². The zero-order chi connectivity index (χ0) is 9.94. The van der Waals surface area contributed by atoms with Gasteiger partial charge in [-0.1, -0.05) is 20.8 Å². The van der Waals surface area contributed by atoms with Gasteiger partial charge in [0.25, 0.3) is 0 Å². The number of hydrogen-bond acceptors (Lipinski definition) is 2. The first kappa shape index (κ1) is 11.6. The van der Waals surface area contributed by atoms with Gasteiger partial charge in [0, 0.05) is 5.92 Å². The van der Waals surface area contributed by atoms with E-state index in [2.05, 4.69) is 0 Å². The molecule has 72 valence electrons. The summed E-state index contributed by atoms with van der Waals surface area (Å²) in [6.45, 7) is 9.10. The third kappa shape index (κ3) is 2.31. The van der Waals surface area contributed by atoms with Gasteiger partial charge in [-0.25, -0.2) is 0 Å². The average Bonchev–Trinajstić information content (AvgIpc) is 1.86. The highest BCUT2D eigenvalue weighted by Crippen LogP contribution is 2.28. The molecule has 0 saturated carbocycles. The Kier molecular flexibility index (Phi) is 3.91. The normalized spacial score (nSPS) is 18.9. The number of carbonyl (C=O) groups excluding carboxylic acids is 1. The molecule has 0 aliphatic rings. The van der Waals surface area contributed by atoms with E-state index in [1.54, 1.807) is 13.8 Å². The van der Waals surface area contributed by atoms with Crippen LogP contribution in [0.3, 0.4) is 0 Å². The van der Waals surface area contributed by atoms with Gasteiger partial charge >= 0.3 is 0 Å². The van der Waals surface area contributed by atoms with Gasteiger partial charge in [0.1, 0.15) is 5.78 Å². The van der Waals surface area contributed by atoms with Crippen LogP contribution in [0, 0.1) is 11.8 Å². The quantitative estimate of drug-likeness (QED) is 0.704. The maximum Gasteiger partial charge on any atom is 0.135 e. The first-order valence-corrected chi connectivity index (χ1v) is 4.56. The highest BCUT2D eigenvalue weighted by molar-refractivity contribution is 5.79. The fraction of sp³-hybridized carbons (Fsp3) is 0.900. The minimum absolute atomic E-state index is 0.0798. The topological polar surface area (TPSA) is 37.3 Å². The second-order valence-corrected chi connectivity index (χ2v) is 3.95. The first-order chi connectivity index (χ1) is 5.34. The third-order valence-corrected chi connectivity index (χ3v) is 2.77. The molecule has 0 amide bonds. The number of Topliss-reactive ketones (excluding diaryl/α,β-unsaturated/α-hetero) is 1. The summed E-state index contributed by atoms with van der Waals surface area (Å²) in [6, 6.07) is 0. The summed E-state index contributed by atoms with van der Waals surface area (Å²) in [5.41, 5.74) is -0.861. The van der Waals surface area contributed by atoms with E-state index >= 15 is 0 Å². The van der Waals surface area contributed by atoms with E-state index in [9.17, 15) is 9.90 Å². The zero-order valence-electron chi connectivity index (χ0n) is 8.72. The fourth-order valence-electron chi connectivity index (χ4n) is 1.51. The molecule has 12 heavy (non-hydrogen) atoms. The molecule has 1 N–H and O–H groups in total. The molecule has 0 aliphatic carbocycles. The number of hydrogen-bond donors (Lipinski definition) is 1. The van der Waals surface area contributed by atoms with Crippen LogP contribution >= 0.6 is 0 Å². The molecule has 0 aliphatic heterocycles. The summed E-state index contributed by atoms with van der Waals surface area (Å²) in [4.78, 5) is 11.2. The molecule has 0 fully saturated rings. The van der Waals surface area contributed by atoms with Crippen LogP contribution in [-0.2, 0) is 4.79 Å². The van der Waals surface area contributed by atoms with E-state index < -0.39 is 5.60 Å². The molecule has 2 atom stereocenters. The minimum Gasteiger partial charge on any atom is -0.389 e. The van der Waals surface area contributed by atoms with Gasteiger partial charge in [-0.15, -0.1) is 0 Å². The van der Waals surface area contributed by atoms with Crippen LogP contribution < -0.4 is 0 Å².